The van der Waals surface area contributed by atoms with Gasteiger partial charge in [-0.25, -0.2) is 22.2 Å². The number of benzene rings is 2. The van der Waals surface area contributed by atoms with Crippen molar-refractivity contribution in [2.75, 3.05) is 5.32 Å². The molecule has 5 nitrogen and oxygen atoms in total. The zero-order valence-corrected chi connectivity index (χ0v) is 16.6. The van der Waals surface area contributed by atoms with Crippen LogP contribution in [0.25, 0.3) is 10.4 Å². The van der Waals surface area contributed by atoms with Gasteiger partial charge in [-0.2, -0.15) is 0 Å². The summed E-state index contributed by atoms with van der Waals surface area (Å²) in [4.78, 5) is 17.3. The number of amides is 1. The van der Waals surface area contributed by atoms with E-state index in [2.05, 4.69) is 10.3 Å². The number of aromatic nitrogens is 1. The summed E-state index contributed by atoms with van der Waals surface area (Å²) in [5.74, 6) is -1.70. The molecule has 3 aromatic rings. The number of rotatable bonds is 5. The number of carbonyl (C=O) groups is 1. The zero-order valence-electron chi connectivity index (χ0n) is 14.9. The summed E-state index contributed by atoms with van der Waals surface area (Å²) in [6, 6.07) is 10.1. The Morgan fingerprint density at radius 1 is 1.00 bits per heavy atom. The summed E-state index contributed by atoms with van der Waals surface area (Å²) in [6.45, 7) is 2.55. The summed E-state index contributed by atoms with van der Waals surface area (Å²) in [7, 11) is -4.07. The van der Waals surface area contributed by atoms with Crippen molar-refractivity contribution in [2.45, 2.75) is 23.5 Å². The second-order valence-electron chi connectivity index (χ2n) is 6.46. The molecule has 0 aliphatic carbocycles. The van der Waals surface area contributed by atoms with Crippen molar-refractivity contribution in [1.29, 1.82) is 0 Å². The first-order chi connectivity index (χ1) is 13.1. The second kappa shape index (κ2) is 7.40. The molecule has 0 radical (unpaired) electrons. The summed E-state index contributed by atoms with van der Waals surface area (Å²) >= 11 is 1.13. The first kappa shape index (κ1) is 20.1. The molecule has 1 heterocycles. The molecule has 0 fully saturated rings. The van der Waals surface area contributed by atoms with Crippen LogP contribution in [0.2, 0.25) is 0 Å². The van der Waals surface area contributed by atoms with Crippen molar-refractivity contribution in [3.05, 3.63) is 66.4 Å². The highest BCUT2D eigenvalue weighted by Gasteiger charge is 2.43. The fourth-order valence-electron chi connectivity index (χ4n) is 2.36. The van der Waals surface area contributed by atoms with Crippen molar-refractivity contribution in [3.8, 4) is 10.4 Å². The highest BCUT2D eigenvalue weighted by molar-refractivity contribution is 7.93. The van der Waals surface area contributed by atoms with Gasteiger partial charge in [0.05, 0.1) is 9.77 Å². The Morgan fingerprint density at radius 2 is 1.54 bits per heavy atom. The van der Waals surface area contributed by atoms with Crippen LogP contribution in [0, 0.1) is 11.6 Å². The van der Waals surface area contributed by atoms with Crippen LogP contribution < -0.4 is 5.32 Å². The first-order valence-corrected chi connectivity index (χ1v) is 10.4. The van der Waals surface area contributed by atoms with Crippen LogP contribution in [-0.2, 0) is 14.6 Å². The van der Waals surface area contributed by atoms with Crippen LogP contribution in [0.5, 0.6) is 0 Å². The quantitative estimate of drug-likeness (QED) is 0.623. The molecule has 146 valence electrons. The normalized spacial score (nSPS) is 12.0. The van der Waals surface area contributed by atoms with Gasteiger partial charge in [0.2, 0.25) is 5.91 Å². The maximum Gasteiger partial charge on any atom is 0.247 e. The third-order valence-electron chi connectivity index (χ3n) is 4.20. The van der Waals surface area contributed by atoms with Crippen molar-refractivity contribution < 1.29 is 22.0 Å². The first-order valence-electron chi connectivity index (χ1n) is 8.15. The van der Waals surface area contributed by atoms with Crippen LogP contribution in [0.4, 0.5) is 13.9 Å². The average molecular weight is 422 g/mol. The Morgan fingerprint density at radius 3 is 2.11 bits per heavy atom. The maximum absolute atomic E-state index is 13.1. The average Bonchev–Trinajstić information content (AvgIpc) is 3.11. The minimum atomic E-state index is -4.07. The molecule has 2 aromatic carbocycles. The third-order valence-corrected chi connectivity index (χ3v) is 7.58. The van der Waals surface area contributed by atoms with Crippen molar-refractivity contribution in [2.24, 2.45) is 0 Å². The van der Waals surface area contributed by atoms with Crippen molar-refractivity contribution in [3.63, 3.8) is 0 Å². The van der Waals surface area contributed by atoms with Crippen LogP contribution in [0.3, 0.4) is 0 Å². The predicted molar refractivity (Wildman–Crippen MR) is 104 cm³/mol. The predicted octanol–water partition coefficient (Wildman–Crippen LogP) is 4.28. The number of halogens is 2. The molecule has 3 rings (SSSR count). The lowest BCUT2D eigenvalue weighted by Gasteiger charge is -2.23. The number of nitrogens with zero attached hydrogens (tertiary/aromatic N) is 1. The van der Waals surface area contributed by atoms with Gasteiger partial charge in [-0.3, -0.25) is 4.79 Å². The standard InChI is InChI=1S/C19H16F2N2O3S2/c1-19(2,28(25,26)15-9-7-14(21)8-10-15)17(24)23-18-22-11-16(27-18)12-3-5-13(20)6-4-12/h3-11H,1-2H3,(H,22,23,24). The number of hydrogen-bond donors (Lipinski definition) is 1. The number of nitrogens with one attached hydrogen (secondary N) is 1. The van der Waals surface area contributed by atoms with E-state index in [1.807, 2.05) is 0 Å². The van der Waals surface area contributed by atoms with E-state index in [9.17, 15) is 22.0 Å². The lowest BCUT2D eigenvalue weighted by atomic mass is 10.2. The molecule has 1 aromatic heterocycles. The molecule has 0 unspecified atom stereocenters. The minimum Gasteiger partial charge on any atom is -0.301 e. The lowest BCUT2D eigenvalue weighted by Crippen LogP contribution is -2.44. The molecule has 0 atom stereocenters. The third kappa shape index (κ3) is 3.81. The molecule has 0 saturated heterocycles. The second-order valence-corrected chi connectivity index (χ2v) is 9.99. The highest BCUT2D eigenvalue weighted by atomic mass is 32.2. The summed E-state index contributed by atoms with van der Waals surface area (Å²) in [5, 5.41) is 2.73. The van der Waals surface area contributed by atoms with Crippen LogP contribution in [0.15, 0.2) is 59.6 Å². The molecule has 0 aliphatic rings. The van der Waals surface area contributed by atoms with E-state index in [1.54, 1.807) is 12.1 Å². The number of hydrogen-bond acceptors (Lipinski definition) is 5. The molecule has 0 spiro atoms. The van der Waals surface area contributed by atoms with Gasteiger partial charge < -0.3 is 5.32 Å². The molecule has 1 N–H and O–H groups in total. The minimum absolute atomic E-state index is 0.153. The van der Waals surface area contributed by atoms with Crippen LogP contribution >= 0.6 is 11.3 Å². The SMILES string of the molecule is CC(C)(C(=O)Nc1ncc(-c2ccc(F)cc2)s1)S(=O)(=O)c1ccc(F)cc1. The zero-order chi connectivity index (χ0) is 20.5. The molecule has 1 amide bonds. The summed E-state index contributed by atoms with van der Waals surface area (Å²) in [5.41, 5.74) is 0.720. The topological polar surface area (TPSA) is 76.1 Å². The summed E-state index contributed by atoms with van der Waals surface area (Å²) in [6.07, 6.45) is 1.51. The van der Waals surface area contributed by atoms with Gasteiger partial charge in [-0.15, -0.1) is 0 Å². The Balaban J connectivity index is 1.82. The van der Waals surface area contributed by atoms with Crippen molar-refractivity contribution >= 4 is 32.2 Å². The molecule has 0 bridgehead atoms. The van der Waals surface area contributed by atoms with E-state index in [1.165, 1.54) is 32.2 Å². The number of anilines is 1. The number of carbonyl (C=O) groups excluding carboxylic acids is 1. The molecular formula is C19H16F2N2O3S2. The molecule has 9 heteroatoms. The van der Waals surface area contributed by atoms with E-state index in [4.69, 9.17) is 0 Å². The molecule has 0 saturated carbocycles. The lowest BCUT2D eigenvalue weighted by molar-refractivity contribution is -0.117. The monoisotopic (exact) mass is 422 g/mol. The van der Waals surface area contributed by atoms with Gasteiger partial charge in [0.15, 0.2) is 15.0 Å². The fourth-order valence-corrected chi connectivity index (χ4v) is 4.55. The van der Waals surface area contributed by atoms with Gasteiger partial charge in [0, 0.05) is 6.20 Å². The molecular weight excluding hydrogens is 406 g/mol. The highest BCUT2D eigenvalue weighted by Crippen LogP contribution is 2.31. The van der Waals surface area contributed by atoms with E-state index in [0.29, 0.717) is 4.88 Å². The Bertz CT molecular complexity index is 1110. The van der Waals surface area contributed by atoms with Crippen molar-refractivity contribution in [1.82, 2.24) is 4.98 Å². The van der Waals surface area contributed by atoms with Crippen LogP contribution in [-0.4, -0.2) is 24.1 Å². The van der Waals surface area contributed by atoms with Gasteiger partial charge in [-0.05, 0) is 55.8 Å². The fraction of sp³-hybridized carbons (Fsp3) is 0.158. The van der Waals surface area contributed by atoms with E-state index in [0.717, 1.165) is 41.2 Å². The number of thiazole rings is 1. The van der Waals surface area contributed by atoms with Gasteiger partial charge in [0.25, 0.3) is 0 Å². The Kier molecular flexibility index (Phi) is 5.31. The van der Waals surface area contributed by atoms with E-state index >= 15 is 0 Å². The van der Waals surface area contributed by atoms with Gasteiger partial charge >= 0.3 is 0 Å². The smallest absolute Gasteiger partial charge is 0.247 e. The Hall–Kier alpha value is -2.65. The van der Waals surface area contributed by atoms with E-state index in [-0.39, 0.29) is 15.8 Å². The summed E-state index contributed by atoms with van der Waals surface area (Å²) < 4.78 is 49.9. The molecule has 0 aliphatic heterocycles. The van der Waals surface area contributed by atoms with Crippen LogP contribution in [0.1, 0.15) is 13.8 Å². The largest absolute Gasteiger partial charge is 0.301 e. The van der Waals surface area contributed by atoms with Gasteiger partial charge in [0.1, 0.15) is 16.4 Å². The van der Waals surface area contributed by atoms with Gasteiger partial charge in [-0.1, -0.05) is 23.5 Å². The Labute approximate surface area is 165 Å². The maximum atomic E-state index is 13.1. The number of sulfone groups is 1. The van der Waals surface area contributed by atoms with E-state index < -0.39 is 26.3 Å². The molecule has 28 heavy (non-hydrogen) atoms.